The minimum absolute atomic E-state index is 0.821. The van der Waals surface area contributed by atoms with Gasteiger partial charge in [0.1, 0.15) is 5.82 Å². The van der Waals surface area contributed by atoms with Gasteiger partial charge in [-0.25, -0.2) is 4.98 Å². The molecule has 1 aromatic carbocycles. The third kappa shape index (κ3) is 4.90. The molecule has 1 aromatic heterocycles. The molecule has 0 spiro atoms. The Kier molecular flexibility index (Phi) is 5.83. The lowest BCUT2D eigenvalue weighted by Crippen LogP contribution is -2.45. The van der Waals surface area contributed by atoms with Crippen molar-refractivity contribution >= 4 is 11.8 Å². The van der Waals surface area contributed by atoms with E-state index >= 15 is 0 Å². The maximum absolute atomic E-state index is 4.84. The van der Waals surface area contributed by atoms with E-state index in [4.69, 9.17) is 9.97 Å². The summed E-state index contributed by atoms with van der Waals surface area (Å²) in [5.41, 5.74) is 2.09. The van der Waals surface area contributed by atoms with Crippen LogP contribution in [-0.4, -0.2) is 80.2 Å². The number of rotatable bonds is 6. The summed E-state index contributed by atoms with van der Waals surface area (Å²) in [5, 5.41) is 3.44. The van der Waals surface area contributed by atoms with Crippen LogP contribution in [0.15, 0.2) is 36.4 Å². The molecule has 25 heavy (non-hydrogen) atoms. The van der Waals surface area contributed by atoms with Gasteiger partial charge >= 0.3 is 0 Å². The third-order valence-electron chi connectivity index (χ3n) is 4.44. The topological polar surface area (TPSA) is 47.5 Å². The number of hydrogen-bond acceptors (Lipinski definition) is 6. The van der Waals surface area contributed by atoms with Crippen LogP contribution in [0.3, 0.4) is 0 Å². The number of aromatic nitrogens is 2. The molecule has 6 heteroatoms. The van der Waals surface area contributed by atoms with Crippen molar-refractivity contribution in [3.8, 4) is 11.3 Å². The first kappa shape index (κ1) is 17.6. The van der Waals surface area contributed by atoms with Gasteiger partial charge in [0, 0.05) is 50.9 Å². The largest absolute Gasteiger partial charge is 0.369 e. The maximum atomic E-state index is 4.84. The van der Waals surface area contributed by atoms with Crippen LogP contribution < -0.4 is 10.2 Å². The zero-order valence-electron chi connectivity index (χ0n) is 15.4. The van der Waals surface area contributed by atoms with Crippen molar-refractivity contribution in [1.29, 1.82) is 0 Å². The second-order valence-electron chi connectivity index (χ2n) is 6.82. The van der Waals surface area contributed by atoms with Crippen molar-refractivity contribution in [1.82, 2.24) is 19.8 Å². The first-order valence-electron chi connectivity index (χ1n) is 8.88. The van der Waals surface area contributed by atoms with E-state index in [9.17, 15) is 0 Å². The van der Waals surface area contributed by atoms with Crippen molar-refractivity contribution in [2.45, 2.75) is 0 Å². The van der Waals surface area contributed by atoms with Crippen molar-refractivity contribution in [3.63, 3.8) is 0 Å². The van der Waals surface area contributed by atoms with Crippen LogP contribution in [0.4, 0.5) is 11.8 Å². The lowest BCUT2D eigenvalue weighted by atomic mass is 10.1. The van der Waals surface area contributed by atoms with Gasteiger partial charge in [-0.2, -0.15) is 4.98 Å². The Morgan fingerprint density at radius 3 is 2.44 bits per heavy atom. The van der Waals surface area contributed by atoms with Crippen LogP contribution in [-0.2, 0) is 0 Å². The van der Waals surface area contributed by atoms with Crippen molar-refractivity contribution in [2.24, 2.45) is 0 Å². The standard InChI is InChI=1S/C19H28N6/c1-23(2)10-9-20-18-15-17(16-7-5-4-6-8-16)21-19(22-18)25-13-11-24(3)12-14-25/h4-8,15H,9-14H2,1-3H3,(H,20,21,22). The Bertz CT molecular complexity index is 665. The molecule has 1 fully saturated rings. The van der Waals surface area contributed by atoms with E-state index in [1.54, 1.807) is 0 Å². The molecule has 0 aliphatic carbocycles. The molecule has 0 atom stereocenters. The Hall–Kier alpha value is -2.18. The van der Waals surface area contributed by atoms with Gasteiger partial charge in [0.2, 0.25) is 5.95 Å². The average molecular weight is 340 g/mol. The fourth-order valence-corrected chi connectivity index (χ4v) is 2.84. The monoisotopic (exact) mass is 340 g/mol. The molecular formula is C19H28N6. The van der Waals surface area contributed by atoms with Crippen molar-refractivity contribution in [2.75, 3.05) is 70.6 Å². The molecule has 3 rings (SSSR count). The summed E-state index contributed by atoms with van der Waals surface area (Å²) in [6.07, 6.45) is 0. The maximum Gasteiger partial charge on any atom is 0.227 e. The number of nitrogens with zero attached hydrogens (tertiary/aromatic N) is 5. The molecule has 0 bridgehead atoms. The van der Waals surface area contributed by atoms with Crippen molar-refractivity contribution in [3.05, 3.63) is 36.4 Å². The molecule has 0 saturated carbocycles. The van der Waals surface area contributed by atoms with Crippen LogP contribution in [0, 0.1) is 0 Å². The highest BCUT2D eigenvalue weighted by atomic mass is 15.3. The van der Waals surface area contributed by atoms with Gasteiger partial charge in [-0.3, -0.25) is 0 Å². The second kappa shape index (κ2) is 8.27. The van der Waals surface area contributed by atoms with E-state index in [0.29, 0.717) is 0 Å². The number of nitrogens with one attached hydrogen (secondary N) is 1. The van der Waals surface area contributed by atoms with Crippen LogP contribution >= 0.6 is 0 Å². The van der Waals surface area contributed by atoms with E-state index in [-0.39, 0.29) is 0 Å². The molecule has 2 aromatic rings. The zero-order chi connectivity index (χ0) is 17.6. The predicted molar refractivity (Wildman–Crippen MR) is 104 cm³/mol. The van der Waals surface area contributed by atoms with Crippen LogP contribution in [0.2, 0.25) is 0 Å². The molecule has 1 aliphatic rings. The number of benzene rings is 1. The molecule has 134 valence electrons. The summed E-state index contributed by atoms with van der Waals surface area (Å²) in [4.78, 5) is 16.4. The summed E-state index contributed by atoms with van der Waals surface area (Å²) in [6.45, 7) is 5.84. The van der Waals surface area contributed by atoms with Gasteiger partial charge in [-0.15, -0.1) is 0 Å². The highest BCUT2D eigenvalue weighted by Crippen LogP contribution is 2.23. The minimum Gasteiger partial charge on any atom is -0.369 e. The average Bonchev–Trinajstić information content (AvgIpc) is 2.62. The molecule has 2 heterocycles. The molecule has 6 nitrogen and oxygen atoms in total. The molecule has 0 unspecified atom stereocenters. The summed E-state index contributed by atoms with van der Waals surface area (Å²) in [6, 6.07) is 12.4. The number of piperazine rings is 1. The predicted octanol–water partition coefficient (Wildman–Crippen LogP) is 1.87. The van der Waals surface area contributed by atoms with E-state index in [1.807, 2.05) is 24.3 Å². The second-order valence-corrected chi connectivity index (χ2v) is 6.82. The molecule has 1 saturated heterocycles. The Balaban J connectivity index is 1.85. The summed E-state index contributed by atoms with van der Waals surface area (Å²) in [7, 11) is 6.31. The lowest BCUT2D eigenvalue weighted by Gasteiger charge is -2.32. The smallest absolute Gasteiger partial charge is 0.227 e. The number of anilines is 2. The van der Waals surface area contributed by atoms with Gasteiger partial charge in [-0.1, -0.05) is 30.3 Å². The van der Waals surface area contributed by atoms with Crippen LogP contribution in [0.5, 0.6) is 0 Å². The van der Waals surface area contributed by atoms with E-state index in [2.05, 4.69) is 53.3 Å². The number of likely N-dealkylation sites (N-methyl/N-ethyl adjacent to an activating group) is 2. The first-order valence-corrected chi connectivity index (χ1v) is 8.88. The van der Waals surface area contributed by atoms with Gasteiger partial charge in [0.05, 0.1) is 5.69 Å². The van der Waals surface area contributed by atoms with Gasteiger partial charge in [-0.05, 0) is 21.1 Å². The highest BCUT2D eigenvalue weighted by molar-refractivity contribution is 5.64. The Morgan fingerprint density at radius 2 is 1.76 bits per heavy atom. The molecular weight excluding hydrogens is 312 g/mol. The Morgan fingerprint density at radius 1 is 1.04 bits per heavy atom. The molecule has 0 radical (unpaired) electrons. The molecule has 1 aliphatic heterocycles. The Labute approximate surface area is 150 Å². The van der Waals surface area contributed by atoms with Gasteiger partial charge < -0.3 is 20.0 Å². The zero-order valence-corrected chi connectivity index (χ0v) is 15.4. The summed E-state index contributed by atoms with van der Waals surface area (Å²) >= 11 is 0. The van der Waals surface area contributed by atoms with Gasteiger partial charge in [0.15, 0.2) is 0 Å². The van der Waals surface area contributed by atoms with Crippen LogP contribution in [0.1, 0.15) is 0 Å². The lowest BCUT2D eigenvalue weighted by molar-refractivity contribution is 0.311. The fourth-order valence-electron chi connectivity index (χ4n) is 2.84. The quantitative estimate of drug-likeness (QED) is 0.866. The summed E-state index contributed by atoms with van der Waals surface area (Å²) < 4.78 is 0. The van der Waals surface area contributed by atoms with E-state index in [1.165, 1.54) is 0 Å². The first-order chi connectivity index (χ1) is 12.1. The normalized spacial score (nSPS) is 15.6. The molecule has 0 amide bonds. The minimum atomic E-state index is 0.821. The van der Waals surface area contributed by atoms with Crippen molar-refractivity contribution < 1.29 is 0 Å². The van der Waals surface area contributed by atoms with E-state index in [0.717, 1.165) is 62.3 Å². The van der Waals surface area contributed by atoms with Crippen LogP contribution in [0.25, 0.3) is 11.3 Å². The highest BCUT2D eigenvalue weighted by Gasteiger charge is 2.18. The molecule has 1 N–H and O–H groups in total. The fraction of sp³-hybridized carbons (Fsp3) is 0.474. The SMILES string of the molecule is CN(C)CCNc1cc(-c2ccccc2)nc(N2CCN(C)CC2)n1. The summed E-state index contributed by atoms with van der Waals surface area (Å²) in [5.74, 6) is 1.71. The third-order valence-corrected chi connectivity index (χ3v) is 4.44. The van der Waals surface area contributed by atoms with E-state index < -0.39 is 0 Å². The van der Waals surface area contributed by atoms with Gasteiger partial charge in [0.25, 0.3) is 0 Å². The number of hydrogen-bond donors (Lipinski definition) is 1.